The van der Waals surface area contributed by atoms with Gasteiger partial charge in [0.2, 0.25) is 0 Å². The summed E-state index contributed by atoms with van der Waals surface area (Å²) in [4.78, 5) is 26.5. The summed E-state index contributed by atoms with van der Waals surface area (Å²) in [5.41, 5.74) is 6.34. The Morgan fingerprint density at radius 3 is 2.70 bits per heavy atom. The Morgan fingerprint density at radius 2 is 2.04 bits per heavy atom. The van der Waals surface area contributed by atoms with Gasteiger partial charge in [0.1, 0.15) is 11.3 Å². The molecule has 1 aromatic carbocycles. The first-order valence-corrected chi connectivity index (χ1v) is 9.34. The lowest BCUT2D eigenvalue weighted by Gasteiger charge is -2.43. The minimum Gasteiger partial charge on any atom is -0.483 e. The molecule has 0 aromatic heterocycles. The summed E-state index contributed by atoms with van der Waals surface area (Å²) in [6.45, 7) is 1.04. The number of amides is 2. The van der Waals surface area contributed by atoms with Crippen LogP contribution in [0.2, 0.25) is 0 Å². The van der Waals surface area contributed by atoms with Crippen molar-refractivity contribution in [1.82, 2.24) is 10.2 Å². The fourth-order valence-electron chi connectivity index (χ4n) is 4.03. The van der Waals surface area contributed by atoms with Crippen LogP contribution in [0, 0.1) is 5.41 Å². The lowest BCUT2D eigenvalue weighted by molar-refractivity contribution is -0.127. The molecule has 7 nitrogen and oxygen atoms in total. The summed E-state index contributed by atoms with van der Waals surface area (Å²) in [5, 5.41) is 10.5. The number of carbonyl (C=O) groups excluding carboxylic acids is 2. The first kappa shape index (κ1) is 17.6. The van der Waals surface area contributed by atoms with Crippen molar-refractivity contribution in [3.63, 3.8) is 0 Å². The predicted molar refractivity (Wildman–Crippen MR) is 105 cm³/mol. The van der Waals surface area contributed by atoms with Crippen molar-refractivity contribution < 1.29 is 17.2 Å². The van der Waals surface area contributed by atoms with Gasteiger partial charge >= 0.3 is 6.03 Å². The molecule has 1 saturated heterocycles. The topological polar surface area (TPSA) is 109 Å². The van der Waals surface area contributed by atoms with Gasteiger partial charge in [-0.1, -0.05) is 30.3 Å². The van der Waals surface area contributed by atoms with Crippen LogP contribution in [0.3, 0.4) is 0 Å². The van der Waals surface area contributed by atoms with Gasteiger partial charge in [-0.15, -0.1) is 0 Å². The number of carbonyl (C=O) groups is 2. The lowest BCUT2D eigenvalue weighted by Crippen LogP contribution is -2.53. The van der Waals surface area contributed by atoms with E-state index < -0.39 is 5.60 Å². The van der Waals surface area contributed by atoms with Crippen LogP contribution >= 0.6 is 0 Å². The highest BCUT2D eigenvalue weighted by Crippen LogP contribution is 2.41. The number of rotatable bonds is 3. The second-order valence-electron chi connectivity index (χ2n) is 7.60. The molecule has 27 heavy (non-hydrogen) atoms. The molecule has 3 aliphatic rings. The van der Waals surface area contributed by atoms with Crippen LogP contribution in [0.4, 0.5) is 4.79 Å². The van der Waals surface area contributed by atoms with Crippen molar-refractivity contribution in [2.45, 2.75) is 43.2 Å². The molecule has 1 aliphatic carbocycles. The zero-order chi connectivity index (χ0) is 19.0. The standard InChI is InChI=1S/C20H24N4O3.2H2/c21-12-17-18(22)16(25)11-20(27-17)6-8-24(9-7-20)19(26)23-15-10-14(15)13-4-2-1-3-5-13;;/h1-5,12,14-15,21H,6-11,22H2,(H,23,26);2*1H. The molecule has 2 heterocycles. The van der Waals surface area contributed by atoms with Gasteiger partial charge in [0.05, 0.1) is 12.6 Å². The highest BCUT2D eigenvalue weighted by Gasteiger charge is 2.45. The molecular formula is C20H28N4O3. The van der Waals surface area contributed by atoms with Crippen LogP contribution < -0.4 is 11.1 Å². The molecule has 4 N–H and O–H groups in total. The van der Waals surface area contributed by atoms with Crippen LogP contribution in [-0.4, -0.2) is 47.7 Å². The number of likely N-dealkylation sites (tertiary alicyclic amines) is 1. The molecule has 1 aromatic rings. The van der Waals surface area contributed by atoms with E-state index in [1.54, 1.807) is 4.90 Å². The first-order valence-electron chi connectivity index (χ1n) is 9.34. The van der Waals surface area contributed by atoms with Gasteiger partial charge in [-0.2, -0.15) is 0 Å². The van der Waals surface area contributed by atoms with Gasteiger partial charge in [-0.3, -0.25) is 4.79 Å². The molecule has 146 valence electrons. The van der Waals surface area contributed by atoms with Crippen molar-refractivity contribution in [3.05, 3.63) is 47.4 Å². The van der Waals surface area contributed by atoms with Crippen molar-refractivity contribution >= 4 is 18.0 Å². The molecule has 7 heteroatoms. The second kappa shape index (κ2) is 6.72. The van der Waals surface area contributed by atoms with Crippen LogP contribution in [0.15, 0.2) is 41.8 Å². The minimum atomic E-state index is -0.643. The first-order chi connectivity index (χ1) is 13.0. The maximum Gasteiger partial charge on any atom is 0.317 e. The summed E-state index contributed by atoms with van der Waals surface area (Å²) < 4.78 is 5.88. The highest BCUT2D eigenvalue weighted by atomic mass is 16.5. The number of hydrogen-bond acceptors (Lipinski definition) is 5. The fraction of sp³-hybridized carbons (Fsp3) is 0.450. The summed E-state index contributed by atoms with van der Waals surface area (Å²) in [6.07, 6.45) is 3.29. The number of nitrogens with two attached hydrogens (primary N) is 1. The number of nitrogens with zero attached hydrogens (tertiary/aromatic N) is 1. The summed E-state index contributed by atoms with van der Waals surface area (Å²) in [7, 11) is 0. The molecular weight excluding hydrogens is 344 g/mol. The number of hydrogen-bond donors (Lipinski definition) is 3. The molecule has 0 radical (unpaired) electrons. The molecule has 2 amide bonds. The van der Waals surface area contributed by atoms with Crippen LogP contribution in [0.5, 0.6) is 0 Å². The number of ether oxygens (including phenoxy) is 1. The zero-order valence-electron chi connectivity index (χ0n) is 15.1. The minimum absolute atomic E-state index is 0. The Balaban J connectivity index is 0.00000150. The largest absolute Gasteiger partial charge is 0.483 e. The average molecular weight is 372 g/mol. The summed E-state index contributed by atoms with van der Waals surface area (Å²) in [6, 6.07) is 10.4. The van der Waals surface area contributed by atoms with E-state index in [4.69, 9.17) is 15.9 Å². The molecule has 2 atom stereocenters. The third-order valence-electron chi connectivity index (χ3n) is 5.80. The van der Waals surface area contributed by atoms with E-state index in [1.807, 2.05) is 18.2 Å². The Labute approximate surface area is 161 Å². The van der Waals surface area contributed by atoms with Crippen molar-refractivity contribution in [2.75, 3.05) is 13.1 Å². The number of piperidine rings is 1. The second-order valence-corrected chi connectivity index (χ2v) is 7.60. The van der Waals surface area contributed by atoms with E-state index in [2.05, 4.69) is 17.4 Å². The monoisotopic (exact) mass is 372 g/mol. The maximum absolute atomic E-state index is 12.6. The lowest BCUT2D eigenvalue weighted by atomic mass is 9.84. The number of Topliss-reactive ketones (excluding diaryl/α,β-unsaturated/α-hetero) is 1. The van der Waals surface area contributed by atoms with Crippen molar-refractivity contribution in [1.29, 1.82) is 5.41 Å². The average Bonchev–Trinajstić information content (AvgIpc) is 3.45. The van der Waals surface area contributed by atoms with E-state index in [9.17, 15) is 9.59 Å². The number of nitrogens with one attached hydrogen (secondary N) is 2. The molecule has 1 spiro atoms. The normalized spacial score (nSPS) is 26.5. The van der Waals surface area contributed by atoms with E-state index in [-0.39, 0.29) is 38.6 Å². The van der Waals surface area contributed by atoms with E-state index in [1.165, 1.54) is 5.56 Å². The number of ketones is 1. The van der Waals surface area contributed by atoms with Gasteiger partial charge in [0, 0.05) is 40.7 Å². The van der Waals surface area contributed by atoms with Crippen LogP contribution in [0.25, 0.3) is 0 Å². The summed E-state index contributed by atoms with van der Waals surface area (Å²) in [5.74, 6) is 0.364. The van der Waals surface area contributed by atoms with Crippen molar-refractivity contribution in [2.24, 2.45) is 5.73 Å². The van der Waals surface area contributed by atoms with Crippen LogP contribution in [0.1, 0.15) is 40.0 Å². The third kappa shape index (κ3) is 3.41. The highest BCUT2D eigenvalue weighted by molar-refractivity contribution is 6.00. The van der Waals surface area contributed by atoms with Gasteiger partial charge in [-0.05, 0) is 12.0 Å². The van der Waals surface area contributed by atoms with E-state index in [0.717, 1.165) is 12.6 Å². The summed E-state index contributed by atoms with van der Waals surface area (Å²) >= 11 is 0. The molecule has 0 bridgehead atoms. The Bertz CT molecular complexity index is 807. The predicted octanol–water partition coefficient (Wildman–Crippen LogP) is 2.39. The third-order valence-corrected chi connectivity index (χ3v) is 5.80. The number of allylic oxidation sites excluding steroid dienone is 2. The molecule has 4 rings (SSSR count). The molecule has 2 unspecified atom stereocenters. The van der Waals surface area contributed by atoms with Gasteiger partial charge in [0.15, 0.2) is 11.5 Å². The Hall–Kier alpha value is -2.83. The zero-order valence-corrected chi connectivity index (χ0v) is 15.1. The maximum atomic E-state index is 12.6. The molecule has 2 fully saturated rings. The smallest absolute Gasteiger partial charge is 0.317 e. The SMILES string of the molecule is N=CC1=C(N)C(=O)CC2(CCN(C(=O)NC3CC3c3ccccc3)CC2)O1.[HH].[HH]. The van der Waals surface area contributed by atoms with Crippen LogP contribution in [-0.2, 0) is 9.53 Å². The number of benzene rings is 1. The fourth-order valence-corrected chi connectivity index (χ4v) is 4.03. The van der Waals surface area contributed by atoms with E-state index >= 15 is 0 Å². The molecule has 1 saturated carbocycles. The van der Waals surface area contributed by atoms with Crippen molar-refractivity contribution in [3.8, 4) is 0 Å². The Morgan fingerprint density at radius 1 is 1.33 bits per heavy atom. The van der Waals surface area contributed by atoms with Gasteiger partial charge < -0.3 is 26.1 Å². The quantitative estimate of drug-likeness (QED) is 0.708. The number of urea groups is 1. The van der Waals surface area contributed by atoms with E-state index in [0.29, 0.717) is 31.8 Å². The Kier molecular flexibility index (Phi) is 4.37. The molecule has 2 aliphatic heterocycles. The van der Waals surface area contributed by atoms with Gasteiger partial charge in [-0.25, -0.2) is 4.79 Å². The van der Waals surface area contributed by atoms with Gasteiger partial charge in [0.25, 0.3) is 0 Å².